The van der Waals surface area contributed by atoms with E-state index in [1.165, 1.54) is 0 Å². The fourth-order valence-corrected chi connectivity index (χ4v) is 2.09. The summed E-state index contributed by atoms with van der Waals surface area (Å²) in [7, 11) is -4.55. The Bertz CT molecular complexity index is 349. The molecule has 6 nitrogen and oxygen atoms in total. The minimum absolute atomic E-state index is 0.0470. The van der Waals surface area contributed by atoms with Gasteiger partial charge in [0.25, 0.3) is 7.82 Å². The molecule has 0 saturated heterocycles. The zero-order valence-corrected chi connectivity index (χ0v) is 13.6. The summed E-state index contributed by atoms with van der Waals surface area (Å²) in [5, 5.41) is 0. The molecule has 0 bridgehead atoms. The van der Waals surface area contributed by atoms with Crippen LogP contribution in [0.1, 0.15) is 58.3 Å². The predicted molar refractivity (Wildman–Crippen MR) is 78.5 cm³/mol. The number of hydrogen-bond donors (Lipinski definition) is 1. The van der Waals surface area contributed by atoms with Crippen molar-refractivity contribution in [3.63, 3.8) is 0 Å². The summed E-state index contributed by atoms with van der Waals surface area (Å²) < 4.78 is 19.5. The van der Waals surface area contributed by atoms with Gasteiger partial charge in [-0.15, -0.1) is 0 Å². The van der Waals surface area contributed by atoms with E-state index < -0.39 is 7.82 Å². The highest BCUT2D eigenvalue weighted by Gasteiger charge is 2.02. The number of esters is 1. The average Bonchev–Trinajstić information content (AvgIpc) is 2.38. The predicted octanol–water partition coefficient (Wildman–Crippen LogP) is 2.70. The molecule has 21 heavy (non-hydrogen) atoms. The molecule has 0 rings (SSSR count). The molecular formula is C14H26O6P-. The number of ether oxygens (including phenoxy) is 1. The molecule has 124 valence electrons. The van der Waals surface area contributed by atoms with Crippen LogP contribution in [-0.2, 0) is 18.6 Å². The van der Waals surface area contributed by atoms with Crippen molar-refractivity contribution in [1.82, 2.24) is 0 Å². The number of carbonyl (C=O) groups excluding carboxylic acids is 1. The quantitative estimate of drug-likeness (QED) is 0.242. The van der Waals surface area contributed by atoms with Crippen LogP contribution in [0, 0.1) is 0 Å². The Morgan fingerprint density at radius 3 is 1.90 bits per heavy atom. The van der Waals surface area contributed by atoms with Crippen molar-refractivity contribution in [1.29, 1.82) is 0 Å². The molecule has 0 aliphatic heterocycles. The normalized spacial score (nSPS) is 13.7. The first-order valence-electron chi connectivity index (χ1n) is 7.34. The van der Waals surface area contributed by atoms with Gasteiger partial charge in [-0.25, -0.2) is 4.79 Å². The number of phosphoric acid groups is 1. The number of carbonyl (C=O) groups is 1. The molecule has 0 amide bonds. The lowest BCUT2D eigenvalue weighted by atomic mass is 10.1. The Balaban J connectivity index is 3.18. The Kier molecular flexibility index (Phi) is 11.5. The van der Waals surface area contributed by atoms with Gasteiger partial charge in [-0.3, -0.25) is 4.57 Å². The van der Waals surface area contributed by atoms with Crippen LogP contribution < -0.4 is 4.89 Å². The van der Waals surface area contributed by atoms with Gasteiger partial charge < -0.3 is 19.0 Å². The van der Waals surface area contributed by atoms with Crippen molar-refractivity contribution in [2.45, 2.75) is 58.3 Å². The zero-order chi connectivity index (χ0) is 16.1. The smallest absolute Gasteiger partial charge is 0.333 e. The molecule has 0 spiro atoms. The molecule has 0 heterocycles. The minimum atomic E-state index is -4.55. The summed E-state index contributed by atoms with van der Waals surface area (Å²) in [6, 6.07) is 0. The van der Waals surface area contributed by atoms with E-state index in [1.54, 1.807) is 6.92 Å². The van der Waals surface area contributed by atoms with Gasteiger partial charge in [-0.05, 0) is 19.8 Å². The third-order valence-corrected chi connectivity index (χ3v) is 3.38. The third-order valence-electron chi connectivity index (χ3n) is 2.87. The summed E-state index contributed by atoms with van der Waals surface area (Å²) in [6.45, 7) is 5.63. The van der Waals surface area contributed by atoms with Crippen molar-refractivity contribution in [3.05, 3.63) is 12.2 Å². The van der Waals surface area contributed by atoms with Crippen molar-refractivity contribution in [2.75, 3.05) is 13.2 Å². The molecule has 0 fully saturated rings. The van der Waals surface area contributed by atoms with Crippen LogP contribution in [0.2, 0.25) is 0 Å². The van der Waals surface area contributed by atoms with E-state index in [0.29, 0.717) is 18.6 Å². The van der Waals surface area contributed by atoms with Gasteiger partial charge in [-0.2, -0.15) is 0 Å². The van der Waals surface area contributed by atoms with Crippen molar-refractivity contribution < 1.29 is 28.4 Å². The maximum atomic E-state index is 11.1. The van der Waals surface area contributed by atoms with Crippen LogP contribution in [0.25, 0.3) is 0 Å². The lowest BCUT2D eigenvalue weighted by molar-refractivity contribution is -0.219. The van der Waals surface area contributed by atoms with Crippen molar-refractivity contribution in [2.24, 2.45) is 0 Å². The van der Waals surface area contributed by atoms with Gasteiger partial charge >= 0.3 is 5.97 Å². The van der Waals surface area contributed by atoms with E-state index in [9.17, 15) is 14.3 Å². The first-order chi connectivity index (χ1) is 9.83. The fraction of sp³-hybridized carbons (Fsp3) is 0.786. The van der Waals surface area contributed by atoms with E-state index in [-0.39, 0.29) is 12.6 Å². The summed E-state index contributed by atoms with van der Waals surface area (Å²) in [5.41, 5.74) is 0.425. The SMILES string of the molecule is C=C(C)C(=O)OCCCCCCCCCCOP(=O)([O-])O. The molecule has 1 unspecified atom stereocenters. The number of phosphoric ester groups is 1. The van der Waals surface area contributed by atoms with Gasteiger partial charge in [0.15, 0.2) is 0 Å². The highest BCUT2D eigenvalue weighted by molar-refractivity contribution is 7.44. The van der Waals surface area contributed by atoms with Gasteiger partial charge in [0.2, 0.25) is 0 Å². The Hall–Kier alpha value is -0.680. The Morgan fingerprint density at radius 2 is 1.48 bits per heavy atom. The number of unbranched alkanes of at least 4 members (excludes halogenated alkanes) is 7. The largest absolute Gasteiger partial charge is 0.756 e. The van der Waals surface area contributed by atoms with E-state index >= 15 is 0 Å². The average molecular weight is 321 g/mol. The molecule has 0 aromatic rings. The Morgan fingerprint density at radius 1 is 1.05 bits per heavy atom. The number of hydrogen-bond acceptors (Lipinski definition) is 5. The molecule has 1 atom stereocenters. The molecule has 7 heteroatoms. The van der Waals surface area contributed by atoms with E-state index in [2.05, 4.69) is 11.1 Å². The fourth-order valence-electron chi connectivity index (χ4n) is 1.73. The summed E-state index contributed by atoms with van der Waals surface area (Å²) in [5.74, 6) is -0.331. The second-order valence-electron chi connectivity index (χ2n) is 5.05. The number of rotatable bonds is 13. The molecule has 0 radical (unpaired) electrons. The molecule has 0 aliphatic carbocycles. The molecule has 0 aliphatic rings. The van der Waals surface area contributed by atoms with Crippen LogP contribution in [0.4, 0.5) is 0 Å². The van der Waals surface area contributed by atoms with Gasteiger partial charge in [0.05, 0.1) is 13.2 Å². The monoisotopic (exact) mass is 321 g/mol. The van der Waals surface area contributed by atoms with Gasteiger partial charge in [-0.1, -0.05) is 45.1 Å². The van der Waals surface area contributed by atoms with Crippen molar-refractivity contribution >= 4 is 13.8 Å². The molecule has 0 aromatic heterocycles. The summed E-state index contributed by atoms with van der Waals surface area (Å²) in [4.78, 5) is 29.7. The minimum Gasteiger partial charge on any atom is -0.756 e. The highest BCUT2D eigenvalue weighted by atomic mass is 31.2. The van der Waals surface area contributed by atoms with Gasteiger partial charge in [0.1, 0.15) is 0 Å². The van der Waals surface area contributed by atoms with Gasteiger partial charge in [0, 0.05) is 5.57 Å². The maximum absolute atomic E-state index is 11.1. The van der Waals surface area contributed by atoms with Crippen LogP contribution in [0.3, 0.4) is 0 Å². The standard InChI is InChI=1S/C14H27O6P/c1-13(2)14(15)19-11-9-7-5-3-4-6-8-10-12-20-21(16,17)18/h1,3-12H2,2H3,(H2,16,17,18)/p-1. The first kappa shape index (κ1) is 20.3. The summed E-state index contributed by atoms with van der Waals surface area (Å²) >= 11 is 0. The van der Waals surface area contributed by atoms with Crippen LogP contribution in [0.5, 0.6) is 0 Å². The lowest BCUT2D eigenvalue weighted by Crippen LogP contribution is -2.05. The first-order valence-corrected chi connectivity index (χ1v) is 8.83. The molecule has 0 aromatic carbocycles. The maximum Gasteiger partial charge on any atom is 0.333 e. The third kappa shape index (κ3) is 15.5. The van der Waals surface area contributed by atoms with E-state index in [0.717, 1.165) is 44.9 Å². The lowest BCUT2D eigenvalue weighted by Gasteiger charge is -2.14. The molecule has 1 N–H and O–H groups in total. The van der Waals surface area contributed by atoms with Crippen LogP contribution in [-0.4, -0.2) is 24.1 Å². The van der Waals surface area contributed by atoms with Crippen LogP contribution in [0.15, 0.2) is 12.2 Å². The Labute approximate surface area is 126 Å². The summed E-state index contributed by atoms with van der Waals surface area (Å²) in [6.07, 6.45) is 7.70. The van der Waals surface area contributed by atoms with Crippen molar-refractivity contribution in [3.8, 4) is 0 Å². The van der Waals surface area contributed by atoms with E-state index in [4.69, 9.17) is 9.63 Å². The molecule has 0 saturated carbocycles. The second-order valence-corrected chi connectivity index (χ2v) is 6.24. The second kappa shape index (κ2) is 11.9. The topological polar surface area (TPSA) is 95.9 Å². The highest BCUT2D eigenvalue weighted by Crippen LogP contribution is 2.30. The van der Waals surface area contributed by atoms with E-state index in [1.807, 2.05) is 0 Å². The zero-order valence-electron chi connectivity index (χ0n) is 12.7. The van der Waals surface area contributed by atoms with Crippen LogP contribution >= 0.6 is 7.82 Å². The molecular weight excluding hydrogens is 295 g/mol.